The Morgan fingerprint density at radius 1 is 1.19 bits per heavy atom. The van der Waals surface area contributed by atoms with E-state index in [0.717, 1.165) is 16.8 Å². The van der Waals surface area contributed by atoms with Crippen molar-refractivity contribution in [1.82, 2.24) is 15.1 Å². The molecule has 0 unspecified atom stereocenters. The Bertz CT molecular complexity index is 758. The number of benzene rings is 1. The summed E-state index contributed by atoms with van der Waals surface area (Å²) in [5.74, 6) is 1.71. The number of rotatable bonds is 4. The van der Waals surface area contributed by atoms with Gasteiger partial charge in [0.2, 0.25) is 5.82 Å². The van der Waals surface area contributed by atoms with Gasteiger partial charge in [0, 0.05) is 23.4 Å². The maximum atomic E-state index is 5.59. The van der Waals surface area contributed by atoms with Gasteiger partial charge < -0.3 is 10.3 Å². The second kappa shape index (κ2) is 5.05. The van der Waals surface area contributed by atoms with Gasteiger partial charge in [0.25, 0.3) is 5.89 Å². The molecule has 0 saturated heterocycles. The van der Waals surface area contributed by atoms with Gasteiger partial charge in [-0.3, -0.25) is 0 Å². The first-order valence-electron chi connectivity index (χ1n) is 6.92. The normalized spacial score (nSPS) is 14.5. The quantitative estimate of drug-likeness (QED) is 0.800. The highest BCUT2D eigenvalue weighted by atomic mass is 32.1. The minimum absolute atomic E-state index is 0.482. The number of aromatic nitrogens is 3. The fourth-order valence-electron chi connectivity index (χ4n) is 2.14. The molecule has 2 aromatic heterocycles. The molecular formula is C15H14N4OS. The van der Waals surface area contributed by atoms with Gasteiger partial charge in [-0.1, -0.05) is 29.4 Å². The Kier molecular flexibility index (Phi) is 3.05. The van der Waals surface area contributed by atoms with Crippen LogP contribution in [0.15, 0.2) is 34.2 Å². The van der Waals surface area contributed by atoms with Crippen LogP contribution in [0.1, 0.15) is 29.3 Å². The third kappa shape index (κ3) is 2.48. The minimum Gasteiger partial charge on any atom is -0.332 e. The molecule has 0 radical (unpaired) electrons. The largest absolute Gasteiger partial charge is 0.332 e. The highest BCUT2D eigenvalue weighted by Crippen LogP contribution is 2.42. The van der Waals surface area contributed by atoms with E-state index < -0.39 is 0 Å². The maximum Gasteiger partial charge on any atom is 0.277 e. The number of hydrogen-bond acceptors (Lipinski definition) is 6. The standard InChI is InChI=1S/C15H14N4OS/c16-7-9-1-3-10(4-2-9)13-18-14(20-19-13)12-8-21-15(17-12)11-5-6-11/h1-4,8,11H,5-7,16H2. The van der Waals surface area contributed by atoms with E-state index in [2.05, 4.69) is 15.1 Å². The number of nitrogens with zero attached hydrogens (tertiary/aromatic N) is 3. The highest BCUT2D eigenvalue weighted by Gasteiger charge is 2.27. The number of nitrogens with two attached hydrogens (primary N) is 1. The first kappa shape index (κ1) is 12.7. The van der Waals surface area contributed by atoms with Crippen molar-refractivity contribution < 1.29 is 4.52 Å². The third-order valence-corrected chi connectivity index (χ3v) is 4.55. The maximum absolute atomic E-state index is 5.59. The molecule has 0 amide bonds. The Labute approximate surface area is 125 Å². The summed E-state index contributed by atoms with van der Waals surface area (Å²) >= 11 is 1.67. The summed E-state index contributed by atoms with van der Waals surface area (Å²) in [4.78, 5) is 9.02. The van der Waals surface area contributed by atoms with Crippen molar-refractivity contribution in [3.05, 3.63) is 40.2 Å². The van der Waals surface area contributed by atoms with Crippen LogP contribution in [0.25, 0.3) is 23.0 Å². The lowest BCUT2D eigenvalue weighted by atomic mass is 10.1. The van der Waals surface area contributed by atoms with Crippen LogP contribution in [0.3, 0.4) is 0 Å². The fraction of sp³-hybridized carbons (Fsp3) is 0.267. The van der Waals surface area contributed by atoms with Crippen LogP contribution in [-0.2, 0) is 6.54 Å². The molecule has 2 N–H and O–H groups in total. The zero-order valence-corrected chi connectivity index (χ0v) is 12.1. The summed E-state index contributed by atoms with van der Waals surface area (Å²) in [5.41, 5.74) is 8.37. The van der Waals surface area contributed by atoms with Crippen molar-refractivity contribution in [3.63, 3.8) is 0 Å². The Hall–Kier alpha value is -2.05. The molecule has 21 heavy (non-hydrogen) atoms. The number of thiazole rings is 1. The lowest BCUT2D eigenvalue weighted by Crippen LogP contribution is -1.95. The molecule has 0 bridgehead atoms. The summed E-state index contributed by atoms with van der Waals surface area (Å²) in [6.45, 7) is 0.528. The summed E-state index contributed by atoms with van der Waals surface area (Å²) in [6, 6.07) is 7.85. The van der Waals surface area contributed by atoms with E-state index in [0.29, 0.717) is 24.2 Å². The molecule has 106 valence electrons. The third-order valence-electron chi connectivity index (χ3n) is 3.54. The van der Waals surface area contributed by atoms with Crippen molar-refractivity contribution in [2.24, 2.45) is 5.73 Å². The van der Waals surface area contributed by atoms with E-state index in [1.54, 1.807) is 11.3 Å². The van der Waals surface area contributed by atoms with E-state index >= 15 is 0 Å². The van der Waals surface area contributed by atoms with Crippen LogP contribution < -0.4 is 5.73 Å². The zero-order chi connectivity index (χ0) is 14.2. The van der Waals surface area contributed by atoms with Gasteiger partial charge >= 0.3 is 0 Å². The van der Waals surface area contributed by atoms with Crippen LogP contribution in [0.4, 0.5) is 0 Å². The zero-order valence-electron chi connectivity index (χ0n) is 11.3. The second-order valence-electron chi connectivity index (χ2n) is 5.17. The predicted molar refractivity (Wildman–Crippen MR) is 80.7 cm³/mol. The van der Waals surface area contributed by atoms with E-state index in [1.807, 2.05) is 29.6 Å². The molecule has 0 spiro atoms. The Balaban J connectivity index is 1.61. The lowest BCUT2D eigenvalue weighted by molar-refractivity contribution is 0.431. The SMILES string of the molecule is NCc1ccc(-c2noc(-c3csc(C4CC4)n3)n2)cc1. The van der Waals surface area contributed by atoms with Gasteiger partial charge in [-0.05, 0) is 18.4 Å². The Morgan fingerprint density at radius 2 is 2.00 bits per heavy atom. The Morgan fingerprint density at radius 3 is 2.71 bits per heavy atom. The van der Waals surface area contributed by atoms with Crippen molar-refractivity contribution >= 4 is 11.3 Å². The predicted octanol–water partition coefficient (Wildman–Crippen LogP) is 3.20. The molecule has 4 rings (SSSR count). The minimum atomic E-state index is 0.482. The molecular weight excluding hydrogens is 284 g/mol. The molecule has 1 saturated carbocycles. The van der Waals surface area contributed by atoms with Gasteiger partial charge in [0.05, 0.1) is 5.01 Å². The van der Waals surface area contributed by atoms with Gasteiger partial charge in [0.15, 0.2) is 0 Å². The van der Waals surface area contributed by atoms with E-state index in [1.165, 1.54) is 17.8 Å². The van der Waals surface area contributed by atoms with Crippen molar-refractivity contribution in [2.75, 3.05) is 0 Å². The van der Waals surface area contributed by atoms with Crippen LogP contribution >= 0.6 is 11.3 Å². The summed E-state index contributed by atoms with van der Waals surface area (Å²) in [6.07, 6.45) is 2.49. The van der Waals surface area contributed by atoms with Gasteiger partial charge in [-0.2, -0.15) is 4.98 Å². The molecule has 1 aliphatic rings. The molecule has 0 aliphatic heterocycles. The molecule has 1 aromatic carbocycles. The van der Waals surface area contributed by atoms with Gasteiger partial charge in [0.1, 0.15) is 5.69 Å². The smallest absolute Gasteiger partial charge is 0.277 e. The van der Waals surface area contributed by atoms with E-state index in [9.17, 15) is 0 Å². The second-order valence-corrected chi connectivity index (χ2v) is 6.06. The van der Waals surface area contributed by atoms with Crippen LogP contribution in [0.2, 0.25) is 0 Å². The molecule has 0 atom stereocenters. The molecule has 2 heterocycles. The van der Waals surface area contributed by atoms with Crippen LogP contribution in [-0.4, -0.2) is 15.1 Å². The first-order chi connectivity index (χ1) is 10.3. The lowest BCUT2D eigenvalue weighted by Gasteiger charge is -1.97. The molecule has 1 fully saturated rings. The molecule has 5 nitrogen and oxygen atoms in total. The van der Waals surface area contributed by atoms with Crippen molar-refractivity contribution in [3.8, 4) is 23.0 Å². The fourth-order valence-corrected chi connectivity index (χ4v) is 3.10. The van der Waals surface area contributed by atoms with Gasteiger partial charge in [-0.25, -0.2) is 4.98 Å². The molecule has 3 aromatic rings. The first-order valence-corrected chi connectivity index (χ1v) is 7.80. The van der Waals surface area contributed by atoms with Crippen LogP contribution in [0.5, 0.6) is 0 Å². The number of hydrogen-bond donors (Lipinski definition) is 1. The molecule has 6 heteroatoms. The topological polar surface area (TPSA) is 77.8 Å². The van der Waals surface area contributed by atoms with E-state index in [-0.39, 0.29) is 0 Å². The van der Waals surface area contributed by atoms with Crippen molar-refractivity contribution in [1.29, 1.82) is 0 Å². The molecule has 1 aliphatic carbocycles. The van der Waals surface area contributed by atoms with Crippen LogP contribution in [0, 0.1) is 0 Å². The van der Waals surface area contributed by atoms with Crippen molar-refractivity contribution in [2.45, 2.75) is 25.3 Å². The van der Waals surface area contributed by atoms with Gasteiger partial charge in [-0.15, -0.1) is 11.3 Å². The monoisotopic (exact) mass is 298 g/mol. The van der Waals surface area contributed by atoms with E-state index in [4.69, 9.17) is 10.3 Å². The summed E-state index contributed by atoms with van der Waals surface area (Å²) in [5, 5.41) is 7.20. The summed E-state index contributed by atoms with van der Waals surface area (Å²) in [7, 11) is 0. The average Bonchev–Trinajstić information content (AvgIpc) is 3.07. The summed E-state index contributed by atoms with van der Waals surface area (Å²) < 4.78 is 5.33. The average molecular weight is 298 g/mol. The highest BCUT2D eigenvalue weighted by molar-refractivity contribution is 7.10.